The zero-order valence-electron chi connectivity index (χ0n) is 9.77. The quantitative estimate of drug-likeness (QED) is 0.731. The molecule has 0 heterocycles. The van der Waals surface area contributed by atoms with Crippen molar-refractivity contribution in [3.63, 3.8) is 0 Å². The lowest BCUT2D eigenvalue weighted by Gasteiger charge is -2.08. The lowest BCUT2D eigenvalue weighted by Crippen LogP contribution is -2.09. The van der Waals surface area contributed by atoms with Gasteiger partial charge in [0.1, 0.15) is 4.90 Å². The van der Waals surface area contributed by atoms with Gasteiger partial charge >= 0.3 is 11.9 Å². The van der Waals surface area contributed by atoms with E-state index in [1.54, 1.807) is 0 Å². The fourth-order valence-electron chi connectivity index (χ4n) is 1.87. The number of carbonyl (C=O) groups is 2. The topological polar surface area (TPSA) is 129 Å². The van der Waals surface area contributed by atoms with Gasteiger partial charge < -0.3 is 10.2 Å². The van der Waals surface area contributed by atoms with E-state index in [9.17, 15) is 18.0 Å². The van der Waals surface area contributed by atoms with Gasteiger partial charge in [-0.15, -0.1) is 0 Å². The molecule has 0 aliphatic carbocycles. The fraction of sp³-hybridized carbons (Fsp3) is 0. The van der Waals surface area contributed by atoms with E-state index >= 15 is 0 Å². The van der Waals surface area contributed by atoms with Crippen LogP contribution in [0.5, 0.6) is 0 Å². The van der Waals surface area contributed by atoms with Crippen LogP contribution in [0.15, 0.2) is 35.2 Å². The maximum Gasteiger partial charge on any atom is 0.337 e. The minimum atomic E-state index is -4.73. The van der Waals surface area contributed by atoms with Gasteiger partial charge in [-0.1, -0.05) is 12.1 Å². The van der Waals surface area contributed by atoms with Crippen molar-refractivity contribution >= 4 is 32.8 Å². The maximum atomic E-state index is 11.2. The van der Waals surface area contributed by atoms with Crippen molar-refractivity contribution in [3.8, 4) is 0 Å². The molecule has 0 aliphatic rings. The first-order valence-electron chi connectivity index (χ1n) is 5.22. The minimum absolute atomic E-state index is 0.0764. The third-order valence-electron chi connectivity index (χ3n) is 2.72. The number of aromatic carboxylic acids is 2. The summed E-state index contributed by atoms with van der Waals surface area (Å²) in [4.78, 5) is 21.4. The molecular weight excluding hydrogens is 288 g/mol. The Labute approximate surface area is 112 Å². The molecule has 0 atom stereocenters. The van der Waals surface area contributed by atoms with Gasteiger partial charge in [-0.25, -0.2) is 9.59 Å². The van der Waals surface area contributed by atoms with E-state index in [1.165, 1.54) is 18.2 Å². The zero-order chi connectivity index (χ0) is 15.1. The van der Waals surface area contributed by atoms with Crippen molar-refractivity contribution < 1.29 is 32.8 Å². The number of benzene rings is 2. The Kier molecular flexibility index (Phi) is 3.20. The number of hydrogen-bond donors (Lipinski definition) is 3. The molecule has 8 heteroatoms. The van der Waals surface area contributed by atoms with Crippen molar-refractivity contribution in [2.75, 3.05) is 0 Å². The third-order valence-corrected chi connectivity index (χ3v) is 3.62. The fourth-order valence-corrected chi connectivity index (χ4v) is 2.56. The van der Waals surface area contributed by atoms with Crippen LogP contribution in [0.4, 0.5) is 0 Å². The molecule has 2 aromatic carbocycles. The Morgan fingerprint density at radius 1 is 0.950 bits per heavy atom. The number of rotatable bonds is 3. The second-order valence-electron chi connectivity index (χ2n) is 3.96. The van der Waals surface area contributed by atoms with E-state index in [0.717, 1.165) is 12.1 Å². The minimum Gasteiger partial charge on any atom is -0.478 e. The van der Waals surface area contributed by atoms with Crippen LogP contribution in [-0.2, 0) is 10.1 Å². The van der Waals surface area contributed by atoms with Crippen LogP contribution in [0.25, 0.3) is 10.8 Å². The normalized spacial score (nSPS) is 11.4. The van der Waals surface area contributed by atoms with Gasteiger partial charge in [-0.2, -0.15) is 8.42 Å². The summed E-state index contributed by atoms with van der Waals surface area (Å²) in [6.45, 7) is 0. The average molecular weight is 296 g/mol. The summed E-state index contributed by atoms with van der Waals surface area (Å²) in [7, 11) is -4.73. The first-order chi connectivity index (χ1) is 9.21. The first kappa shape index (κ1) is 14.0. The lowest BCUT2D eigenvalue weighted by atomic mass is 10.0. The number of hydrogen-bond acceptors (Lipinski definition) is 4. The summed E-state index contributed by atoms with van der Waals surface area (Å²) in [6, 6.07) is 5.93. The van der Waals surface area contributed by atoms with Crippen molar-refractivity contribution in [2.45, 2.75) is 4.90 Å². The van der Waals surface area contributed by atoms with E-state index in [2.05, 4.69) is 0 Å². The van der Waals surface area contributed by atoms with Crippen molar-refractivity contribution in [1.82, 2.24) is 0 Å². The highest BCUT2D eigenvalue weighted by molar-refractivity contribution is 7.86. The highest BCUT2D eigenvalue weighted by Gasteiger charge is 2.23. The highest BCUT2D eigenvalue weighted by atomic mass is 32.2. The average Bonchev–Trinajstić information content (AvgIpc) is 2.35. The molecule has 20 heavy (non-hydrogen) atoms. The standard InChI is InChI=1S/C12H8O7S/c13-11(14)7-2-1-6-3-4-9(20(17,18)19)10(12(15)16)8(6)5-7/h1-5H,(H,13,14)(H,15,16)(H,17,18,19). The van der Waals surface area contributed by atoms with Gasteiger partial charge in [0, 0.05) is 0 Å². The van der Waals surface area contributed by atoms with Crippen molar-refractivity contribution in [2.24, 2.45) is 0 Å². The molecule has 0 radical (unpaired) electrons. The summed E-state index contributed by atoms with van der Waals surface area (Å²) >= 11 is 0. The Balaban J connectivity index is 2.97. The molecule has 7 nitrogen and oxygen atoms in total. The largest absolute Gasteiger partial charge is 0.478 e. The van der Waals surface area contributed by atoms with Crippen LogP contribution < -0.4 is 0 Å². The molecule has 0 spiro atoms. The molecule has 0 fully saturated rings. The summed E-state index contributed by atoms with van der Waals surface area (Å²) < 4.78 is 31.4. The van der Waals surface area contributed by atoms with E-state index in [1.807, 2.05) is 0 Å². The molecule has 0 amide bonds. The van der Waals surface area contributed by atoms with Gasteiger partial charge in [0.25, 0.3) is 10.1 Å². The molecule has 0 saturated heterocycles. The Hall–Kier alpha value is -2.45. The number of carboxylic acid groups (broad SMARTS) is 2. The van der Waals surface area contributed by atoms with Crippen molar-refractivity contribution in [3.05, 3.63) is 41.5 Å². The Bertz CT molecular complexity index is 836. The van der Waals surface area contributed by atoms with Crippen LogP contribution in [0, 0.1) is 0 Å². The predicted molar refractivity (Wildman–Crippen MR) is 67.7 cm³/mol. The molecule has 0 aliphatic heterocycles. The SMILES string of the molecule is O=C(O)c1ccc2ccc(S(=O)(=O)O)c(C(=O)O)c2c1. The number of carboxylic acids is 2. The Morgan fingerprint density at radius 2 is 1.55 bits per heavy atom. The van der Waals surface area contributed by atoms with E-state index < -0.39 is 32.5 Å². The second kappa shape index (κ2) is 4.58. The molecule has 104 valence electrons. The van der Waals surface area contributed by atoms with Crippen LogP contribution in [0.2, 0.25) is 0 Å². The van der Waals surface area contributed by atoms with Gasteiger partial charge in [0.05, 0.1) is 11.1 Å². The number of fused-ring (bicyclic) bond motifs is 1. The zero-order valence-corrected chi connectivity index (χ0v) is 10.6. The van der Waals surface area contributed by atoms with E-state index in [-0.39, 0.29) is 10.9 Å². The Morgan fingerprint density at radius 3 is 2.05 bits per heavy atom. The molecule has 2 aromatic rings. The van der Waals surface area contributed by atoms with Gasteiger partial charge in [-0.05, 0) is 29.0 Å². The van der Waals surface area contributed by atoms with Crippen LogP contribution in [0.1, 0.15) is 20.7 Å². The molecule has 0 aromatic heterocycles. The van der Waals surface area contributed by atoms with Crippen LogP contribution in [0.3, 0.4) is 0 Å². The summed E-state index contributed by atoms with van der Waals surface area (Å²) in [5.74, 6) is -2.86. The second-order valence-corrected chi connectivity index (χ2v) is 5.35. The molecule has 2 rings (SSSR count). The van der Waals surface area contributed by atoms with E-state index in [0.29, 0.717) is 5.39 Å². The highest BCUT2D eigenvalue weighted by Crippen LogP contribution is 2.27. The molecule has 3 N–H and O–H groups in total. The first-order valence-corrected chi connectivity index (χ1v) is 6.66. The summed E-state index contributed by atoms with van der Waals surface area (Å²) in [5.41, 5.74) is -0.847. The van der Waals surface area contributed by atoms with E-state index in [4.69, 9.17) is 14.8 Å². The van der Waals surface area contributed by atoms with Gasteiger partial charge in [-0.3, -0.25) is 4.55 Å². The van der Waals surface area contributed by atoms with Crippen LogP contribution in [-0.4, -0.2) is 35.1 Å². The molecule has 0 unspecified atom stereocenters. The van der Waals surface area contributed by atoms with Crippen LogP contribution >= 0.6 is 0 Å². The van der Waals surface area contributed by atoms with Gasteiger partial charge in [0.15, 0.2) is 0 Å². The lowest BCUT2D eigenvalue weighted by molar-refractivity contribution is 0.0683. The molecule has 0 saturated carbocycles. The predicted octanol–water partition coefficient (Wildman–Crippen LogP) is 1.48. The van der Waals surface area contributed by atoms with Gasteiger partial charge in [0.2, 0.25) is 0 Å². The summed E-state index contributed by atoms with van der Waals surface area (Å²) in [6.07, 6.45) is 0. The summed E-state index contributed by atoms with van der Waals surface area (Å²) in [5, 5.41) is 18.3. The maximum absolute atomic E-state index is 11.2. The smallest absolute Gasteiger partial charge is 0.337 e. The third kappa shape index (κ3) is 2.33. The van der Waals surface area contributed by atoms with Crippen molar-refractivity contribution in [1.29, 1.82) is 0 Å². The molecular formula is C12H8O7S. The monoisotopic (exact) mass is 296 g/mol. The molecule has 0 bridgehead atoms.